The van der Waals surface area contributed by atoms with Crippen LogP contribution in [0.3, 0.4) is 0 Å². The maximum Gasteiger partial charge on any atom is 0.123 e. The molecule has 3 N–H and O–H groups in total. The van der Waals surface area contributed by atoms with E-state index in [4.69, 9.17) is 5.84 Å². The zero-order valence-corrected chi connectivity index (χ0v) is 12.7. The van der Waals surface area contributed by atoms with Crippen LogP contribution in [0.15, 0.2) is 24.3 Å². The number of rotatable bonds is 3. The molecule has 0 aliphatic heterocycles. The molecule has 4 fully saturated rings. The third-order valence-electron chi connectivity index (χ3n) is 6.38. The van der Waals surface area contributed by atoms with E-state index in [9.17, 15) is 4.39 Å². The van der Waals surface area contributed by atoms with Gasteiger partial charge in [-0.2, -0.15) is 0 Å². The largest absolute Gasteiger partial charge is 0.271 e. The van der Waals surface area contributed by atoms with Crippen molar-refractivity contribution in [3.63, 3.8) is 0 Å². The molecular formula is C18H25FN2. The van der Waals surface area contributed by atoms with Gasteiger partial charge in [0.2, 0.25) is 0 Å². The van der Waals surface area contributed by atoms with Crippen molar-refractivity contribution in [3.8, 4) is 0 Å². The molecule has 3 unspecified atom stereocenters. The second-order valence-electron chi connectivity index (χ2n) is 8.29. The van der Waals surface area contributed by atoms with Crippen LogP contribution in [0, 0.1) is 28.5 Å². The Kier molecular flexibility index (Phi) is 2.96. The highest BCUT2D eigenvalue weighted by molar-refractivity contribution is 5.24. The molecule has 114 valence electrons. The van der Waals surface area contributed by atoms with E-state index < -0.39 is 0 Å². The summed E-state index contributed by atoms with van der Waals surface area (Å²) >= 11 is 0. The summed E-state index contributed by atoms with van der Waals surface area (Å²) in [6, 6.07) is 7.08. The van der Waals surface area contributed by atoms with E-state index in [1.54, 1.807) is 12.1 Å². The lowest BCUT2D eigenvalue weighted by Crippen LogP contribution is -2.56. The second-order valence-corrected chi connectivity index (χ2v) is 8.29. The van der Waals surface area contributed by atoms with Crippen LogP contribution >= 0.6 is 0 Å². The number of hydrazine groups is 1. The van der Waals surface area contributed by atoms with Gasteiger partial charge >= 0.3 is 0 Å². The molecule has 4 saturated carbocycles. The average molecular weight is 288 g/mol. The first-order valence-corrected chi connectivity index (χ1v) is 8.24. The SMILES string of the molecule is CC12CC3CC(C1)CC(C(NN)c1ccc(F)cc1)(C3)C2. The Bertz CT molecular complexity index is 525. The van der Waals surface area contributed by atoms with Crippen LogP contribution in [0.25, 0.3) is 0 Å². The first-order valence-electron chi connectivity index (χ1n) is 8.24. The monoisotopic (exact) mass is 288 g/mol. The number of hydrogen-bond donors (Lipinski definition) is 2. The van der Waals surface area contributed by atoms with E-state index in [-0.39, 0.29) is 17.3 Å². The Morgan fingerprint density at radius 1 is 1.14 bits per heavy atom. The van der Waals surface area contributed by atoms with Crippen LogP contribution in [0.5, 0.6) is 0 Å². The minimum Gasteiger partial charge on any atom is -0.271 e. The van der Waals surface area contributed by atoms with Crippen LogP contribution in [0.1, 0.15) is 57.1 Å². The molecule has 4 bridgehead atoms. The van der Waals surface area contributed by atoms with Gasteiger partial charge in [0.1, 0.15) is 5.82 Å². The Morgan fingerprint density at radius 2 is 1.76 bits per heavy atom. The highest BCUT2D eigenvalue weighted by Gasteiger charge is 2.58. The quantitative estimate of drug-likeness (QED) is 0.653. The summed E-state index contributed by atoms with van der Waals surface area (Å²) in [6.07, 6.45) is 8.03. The fourth-order valence-electron chi connectivity index (χ4n) is 6.42. The second kappa shape index (κ2) is 4.53. The molecule has 5 rings (SSSR count). The number of benzene rings is 1. The molecule has 0 aromatic heterocycles. The predicted molar refractivity (Wildman–Crippen MR) is 81.7 cm³/mol. The predicted octanol–water partition coefficient (Wildman–Crippen LogP) is 3.94. The van der Waals surface area contributed by atoms with Crippen molar-refractivity contribution in [2.75, 3.05) is 0 Å². The molecule has 2 nitrogen and oxygen atoms in total. The van der Waals surface area contributed by atoms with Crippen LogP contribution in [0.2, 0.25) is 0 Å². The smallest absolute Gasteiger partial charge is 0.123 e. The molecule has 0 saturated heterocycles. The van der Waals surface area contributed by atoms with Gasteiger partial charge in [-0.15, -0.1) is 0 Å². The highest BCUT2D eigenvalue weighted by atomic mass is 19.1. The summed E-state index contributed by atoms with van der Waals surface area (Å²) in [5.74, 6) is 7.53. The van der Waals surface area contributed by atoms with Crippen molar-refractivity contribution in [1.82, 2.24) is 5.43 Å². The molecule has 3 atom stereocenters. The molecule has 4 aliphatic carbocycles. The van der Waals surface area contributed by atoms with Gasteiger partial charge in [0, 0.05) is 0 Å². The van der Waals surface area contributed by atoms with E-state index in [0.29, 0.717) is 5.41 Å². The molecule has 0 spiro atoms. The molecule has 1 aromatic rings. The maximum atomic E-state index is 13.2. The minimum absolute atomic E-state index is 0.156. The van der Waals surface area contributed by atoms with Crippen molar-refractivity contribution in [1.29, 1.82) is 0 Å². The van der Waals surface area contributed by atoms with Gasteiger partial charge in [-0.25, -0.2) is 4.39 Å². The van der Waals surface area contributed by atoms with Crippen LogP contribution in [-0.2, 0) is 0 Å². The number of hydrogen-bond acceptors (Lipinski definition) is 2. The first kappa shape index (κ1) is 13.7. The third kappa shape index (κ3) is 2.13. The van der Waals surface area contributed by atoms with Crippen molar-refractivity contribution < 1.29 is 4.39 Å². The van der Waals surface area contributed by atoms with Gasteiger partial charge in [-0.1, -0.05) is 19.1 Å². The summed E-state index contributed by atoms with van der Waals surface area (Å²) in [4.78, 5) is 0. The van der Waals surface area contributed by atoms with Gasteiger partial charge in [0.25, 0.3) is 0 Å². The molecule has 1 aromatic carbocycles. The van der Waals surface area contributed by atoms with E-state index in [2.05, 4.69) is 12.3 Å². The number of halogens is 1. The van der Waals surface area contributed by atoms with Crippen molar-refractivity contribution in [2.45, 2.75) is 51.5 Å². The lowest BCUT2D eigenvalue weighted by Gasteiger charge is -2.63. The fourth-order valence-corrected chi connectivity index (χ4v) is 6.42. The lowest BCUT2D eigenvalue weighted by atomic mass is 9.43. The summed E-state index contributed by atoms with van der Waals surface area (Å²) in [5.41, 5.74) is 5.00. The minimum atomic E-state index is -0.174. The molecule has 0 amide bonds. The van der Waals surface area contributed by atoms with Crippen LogP contribution < -0.4 is 11.3 Å². The Hall–Kier alpha value is -0.930. The molecule has 21 heavy (non-hydrogen) atoms. The van der Waals surface area contributed by atoms with Gasteiger partial charge in [-0.05, 0) is 78.9 Å². The first-order chi connectivity index (χ1) is 10.0. The standard InChI is InChI=1S/C18H25FN2/c1-17-7-12-6-13(8-17)10-18(9-12,11-17)16(21-20)14-2-4-15(19)5-3-14/h2-5,12-13,16,21H,6-11,20H2,1H3. The van der Waals surface area contributed by atoms with Crippen molar-refractivity contribution in [3.05, 3.63) is 35.6 Å². The van der Waals surface area contributed by atoms with Gasteiger partial charge in [0.15, 0.2) is 0 Å². The average Bonchev–Trinajstić information content (AvgIpc) is 2.38. The fraction of sp³-hybridized carbons (Fsp3) is 0.667. The third-order valence-corrected chi connectivity index (χ3v) is 6.38. The zero-order valence-electron chi connectivity index (χ0n) is 12.7. The van der Waals surface area contributed by atoms with Crippen LogP contribution in [0.4, 0.5) is 4.39 Å². The van der Waals surface area contributed by atoms with E-state index in [1.165, 1.54) is 38.5 Å². The normalized spacial score (nSPS) is 42.2. The Balaban J connectivity index is 1.71. The molecular weight excluding hydrogens is 263 g/mol. The van der Waals surface area contributed by atoms with Gasteiger partial charge < -0.3 is 0 Å². The van der Waals surface area contributed by atoms with E-state index in [0.717, 1.165) is 17.4 Å². The topological polar surface area (TPSA) is 38.0 Å². The summed E-state index contributed by atoms with van der Waals surface area (Å²) in [7, 11) is 0. The van der Waals surface area contributed by atoms with Gasteiger partial charge in [0.05, 0.1) is 6.04 Å². The summed E-state index contributed by atoms with van der Waals surface area (Å²) < 4.78 is 13.2. The Morgan fingerprint density at radius 3 is 2.29 bits per heavy atom. The Labute approximate surface area is 126 Å². The van der Waals surface area contributed by atoms with E-state index >= 15 is 0 Å². The molecule has 0 heterocycles. The molecule has 0 radical (unpaired) electrons. The summed E-state index contributed by atoms with van der Waals surface area (Å²) in [6.45, 7) is 2.47. The lowest BCUT2D eigenvalue weighted by molar-refractivity contribution is -0.119. The highest BCUT2D eigenvalue weighted by Crippen LogP contribution is 2.68. The van der Waals surface area contributed by atoms with Crippen molar-refractivity contribution in [2.24, 2.45) is 28.5 Å². The number of nitrogens with two attached hydrogens (primary N) is 1. The zero-order chi connectivity index (χ0) is 14.7. The van der Waals surface area contributed by atoms with Gasteiger partial charge in [-0.3, -0.25) is 11.3 Å². The summed E-state index contributed by atoms with van der Waals surface area (Å²) in [5, 5.41) is 0. The maximum absolute atomic E-state index is 13.2. The molecule has 3 heteroatoms. The number of nitrogens with one attached hydrogen (secondary N) is 1. The molecule has 4 aliphatic rings. The van der Waals surface area contributed by atoms with E-state index in [1.807, 2.05) is 12.1 Å². The van der Waals surface area contributed by atoms with Crippen LogP contribution in [-0.4, -0.2) is 0 Å². The van der Waals surface area contributed by atoms with Crippen molar-refractivity contribution >= 4 is 0 Å².